The minimum Gasteiger partial charge on any atom is -0.394 e. The molecule has 3 unspecified atom stereocenters. The van der Waals surface area contributed by atoms with Crippen LogP contribution in [0.25, 0.3) is 0 Å². The lowest BCUT2D eigenvalue weighted by Gasteiger charge is -2.23. The fraction of sp³-hybridized carbons (Fsp3) is 0.985. The van der Waals surface area contributed by atoms with Gasteiger partial charge < -0.3 is 20.6 Å². The van der Waals surface area contributed by atoms with Gasteiger partial charge in [0.15, 0.2) is 0 Å². The van der Waals surface area contributed by atoms with Crippen LogP contribution in [0, 0.1) is 0 Å². The van der Waals surface area contributed by atoms with Crippen molar-refractivity contribution in [3.05, 3.63) is 0 Å². The van der Waals surface area contributed by atoms with Crippen molar-refractivity contribution in [3.8, 4) is 0 Å². The number of carbonyl (C=O) groups is 1. The third-order valence-corrected chi connectivity index (χ3v) is 16.0. The Morgan fingerprint density at radius 2 is 0.457 bits per heavy atom. The highest BCUT2D eigenvalue weighted by atomic mass is 16.3. The van der Waals surface area contributed by atoms with Gasteiger partial charge in [0.2, 0.25) is 5.91 Å². The molecule has 0 aromatic carbocycles. The molecule has 5 heteroatoms. The van der Waals surface area contributed by atoms with Crippen LogP contribution in [0.15, 0.2) is 0 Å². The minimum absolute atomic E-state index is 0.307. The van der Waals surface area contributed by atoms with Crippen LogP contribution in [0.2, 0.25) is 0 Å². The molecule has 0 aliphatic heterocycles. The molecule has 0 fully saturated rings. The Kier molecular flexibility index (Phi) is 60.3. The highest BCUT2D eigenvalue weighted by molar-refractivity contribution is 5.80. The lowest BCUT2D eigenvalue weighted by atomic mass is 10.0. The van der Waals surface area contributed by atoms with Crippen molar-refractivity contribution in [3.63, 3.8) is 0 Å². The molecule has 0 aliphatic rings. The van der Waals surface area contributed by atoms with E-state index in [0.717, 1.165) is 32.1 Å². The summed E-state index contributed by atoms with van der Waals surface area (Å²) in [6.45, 7) is 4.29. The van der Waals surface area contributed by atoms with Crippen LogP contribution >= 0.6 is 0 Å². The first kappa shape index (κ1) is 69.3. The van der Waals surface area contributed by atoms with E-state index in [1.165, 1.54) is 327 Å². The van der Waals surface area contributed by atoms with Gasteiger partial charge in [-0.05, 0) is 12.8 Å². The van der Waals surface area contributed by atoms with E-state index >= 15 is 0 Å². The van der Waals surface area contributed by atoms with Crippen LogP contribution in [-0.4, -0.2) is 46.1 Å². The molecule has 0 spiro atoms. The Balaban J connectivity index is 3.43. The predicted octanol–water partition coefficient (Wildman–Crippen LogP) is 20.9. The Hall–Kier alpha value is -0.650. The third kappa shape index (κ3) is 55.1. The SMILES string of the molecule is CCCCCCCCCCCCCCCCCCCCCCCCCCCCCCCCCCCCC(O)C(=O)NC(CO)C(O)CCCCCCCCCCCCCCCCCCCCCCCC. The molecule has 420 valence electrons. The monoisotopic (exact) mass is 990 g/mol. The van der Waals surface area contributed by atoms with Crippen LogP contribution in [0.5, 0.6) is 0 Å². The van der Waals surface area contributed by atoms with Gasteiger partial charge in [0.05, 0.1) is 18.8 Å². The van der Waals surface area contributed by atoms with Crippen LogP contribution in [-0.2, 0) is 4.79 Å². The molecular formula is C65H131NO4. The molecule has 0 radical (unpaired) electrons. The maximum absolute atomic E-state index is 12.6. The van der Waals surface area contributed by atoms with Crippen molar-refractivity contribution in [1.29, 1.82) is 0 Å². The summed E-state index contributed by atoms with van der Waals surface area (Å²) in [6.07, 6.45) is 76.3. The molecule has 1 amide bonds. The topological polar surface area (TPSA) is 89.8 Å². The van der Waals surface area contributed by atoms with E-state index in [2.05, 4.69) is 19.2 Å². The van der Waals surface area contributed by atoms with Gasteiger partial charge in [-0.25, -0.2) is 0 Å². The van der Waals surface area contributed by atoms with E-state index < -0.39 is 24.2 Å². The molecule has 0 heterocycles. The second-order valence-corrected chi connectivity index (χ2v) is 23.1. The lowest BCUT2D eigenvalue weighted by Crippen LogP contribution is -2.49. The van der Waals surface area contributed by atoms with Gasteiger partial charge in [-0.3, -0.25) is 4.79 Å². The average Bonchev–Trinajstić information content (AvgIpc) is 3.36. The molecule has 70 heavy (non-hydrogen) atoms. The first-order valence-corrected chi connectivity index (χ1v) is 32.8. The highest BCUT2D eigenvalue weighted by Gasteiger charge is 2.23. The van der Waals surface area contributed by atoms with Crippen molar-refractivity contribution in [2.24, 2.45) is 0 Å². The van der Waals surface area contributed by atoms with E-state index in [9.17, 15) is 20.1 Å². The Labute approximate surface area is 440 Å². The smallest absolute Gasteiger partial charge is 0.249 e. The number of hydrogen-bond acceptors (Lipinski definition) is 4. The number of amides is 1. The fourth-order valence-corrected chi connectivity index (χ4v) is 10.9. The van der Waals surface area contributed by atoms with Crippen LogP contribution in [0.4, 0.5) is 0 Å². The summed E-state index contributed by atoms with van der Waals surface area (Å²) < 4.78 is 0. The van der Waals surface area contributed by atoms with E-state index in [1.54, 1.807) is 0 Å². The normalized spacial score (nSPS) is 13.0. The number of hydrogen-bond donors (Lipinski definition) is 4. The van der Waals surface area contributed by atoms with Gasteiger partial charge in [0, 0.05) is 0 Å². The first-order chi connectivity index (χ1) is 34.6. The Bertz CT molecular complexity index is 960. The molecule has 0 bridgehead atoms. The van der Waals surface area contributed by atoms with Crippen molar-refractivity contribution < 1.29 is 20.1 Å². The molecule has 5 nitrogen and oxygen atoms in total. The lowest BCUT2D eigenvalue weighted by molar-refractivity contribution is -0.131. The zero-order valence-electron chi connectivity index (χ0n) is 48.2. The minimum atomic E-state index is -1.07. The standard InChI is InChI=1S/C65H131NO4/c1-3-5-7-9-11-13-15-17-19-21-23-25-27-28-29-30-31-32-33-34-35-36-37-38-40-42-44-46-48-50-52-54-56-58-60-64(69)65(70)66-62(61-67)63(68)59-57-55-53-51-49-47-45-43-41-39-26-24-22-20-18-16-14-12-10-8-6-4-2/h62-64,67-69H,3-61H2,1-2H3,(H,66,70). The van der Waals surface area contributed by atoms with Crippen LogP contribution in [0.3, 0.4) is 0 Å². The number of rotatable bonds is 62. The Morgan fingerprint density at radius 1 is 0.286 bits per heavy atom. The van der Waals surface area contributed by atoms with E-state index in [4.69, 9.17) is 0 Å². The zero-order chi connectivity index (χ0) is 50.7. The van der Waals surface area contributed by atoms with Gasteiger partial charge in [-0.1, -0.05) is 373 Å². The molecule has 0 aromatic rings. The number of nitrogens with one attached hydrogen (secondary N) is 1. The van der Waals surface area contributed by atoms with Gasteiger partial charge >= 0.3 is 0 Å². The van der Waals surface area contributed by atoms with Gasteiger partial charge in [0.1, 0.15) is 6.10 Å². The summed E-state index contributed by atoms with van der Waals surface area (Å²) in [4.78, 5) is 12.6. The summed E-state index contributed by atoms with van der Waals surface area (Å²) in [6, 6.07) is -0.708. The first-order valence-electron chi connectivity index (χ1n) is 32.8. The van der Waals surface area contributed by atoms with Crippen molar-refractivity contribution in [2.75, 3.05) is 6.61 Å². The maximum Gasteiger partial charge on any atom is 0.249 e. The number of aliphatic hydroxyl groups excluding tert-OH is 3. The molecule has 0 saturated carbocycles. The summed E-state index contributed by atoms with van der Waals surface area (Å²) >= 11 is 0. The molecule has 3 atom stereocenters. The van der Waals surface area contributed by atoms with Gasteiger partial charge in [-0.15, -0.1) is 0 Å². The highest BCUT2D eigenvalue weighted by Crippen LogP contribution is 2.20. The molecule has 0 aliphatic carbocycles. The summed E-state index contributed by atoms with van der Waals surface area (Å²) in [5.74, 6) is -0.460. The third-order valence-electron chi connectivity index (χ3n) is 16.0. The Morgan fingerprint density at radius 3 is 0.643 bits per heavy atom. The maximum atomic E-state index is 12.6. The largest absolute Gasteiger partial charge is 0.394 e. The summed E-state index contributed by atoms with van der Waals surface area (Å²) in [7, 11) is 0. The van der Waals surface area contributed by atoms with Gasteiger partial charge in [0.25, 0.3) is 0 Å². The average molecular weight is 991 g/mol. The second-order valence-electron chi connectivity index (χ2n) is 23.1. The van der Waals surface area contributed by atoms with Crippen molar-refractivity contribution in [2.45, 2.75) is 405 Å². The molecule has 0 saturated heterocycles. The van der Waals surface area contributed by atoms with Crippen LogP contribution in [0.1, 0.15) is 386 Å². The molecule has 4 N–H and O–H groups in total. The number of unbranched alkanes of at least 4 members (excludes halogenated alkanes) is 54. The van der Waals surface area contributed by atoms with Gasteiger partial charge in [-0.2, -0.15) is 0 Å². The predicted molar refractivity (Wildman–Crippen MR) is 310 cm³/mol. The van der Waals surface area contributed by atoms with E-state index in [0.29, 0.717) is 12.8 Å². The number of aliphatic hydroxyl groups is 3. The van der Waals surface area contributed by atoms with Crippen molar-refractivity contribution >= 4 is 5.91 Å². The fourth-order valence-electron chi connectivity index (χ4n) is 10.9. The number of carbonyl (C=O) groups excluding carboxylic acids is 1. The quantitative estimate of drug-likeness (QED) is 0.0457. The molecule has 0 rings (SSSR count). The summed E-state index contributed by atoms with van der Waals surface area (Å²) in [5, 5.41) is 33.7. The van der Waals surface area contributed by atoms with Crippen LogP contribution < -0.4 is 5.32 Å². The van der Waals surface area contributed by atoms with E-state index in [1.807, 2.05) is 0 Å². The van der Waals surface area contributed by atoms with Crippen molar-refractivity contribution in [1.82, 2.24) is 5.32 Å². The molecular weight excluding hydrogens is 859 g/mol. The zero-order valence-corrected chi connectivity index (χ0v) is 48.2. The van der Waals surface area contributed by atoms with E-state index in [-0.39, 0.29) is 6.61 Å². The second kappa shape index (κ2) is 60.9. The summed E-state index contributed by atoms with van der Waals surface area (Å²) in [5.41, 5.74) is 0. The molecule has 0 aromatic heterocycles.